The number of hydrogen-bond acceptors (Lipinski definition) is 3. The van der Waals surface area contributed by atoms with Gasteiger partial charge in [0.05, 0.1) is 7.11 Å². The lowest BCUT2D eigenvalue weighted by molar-refractivity contribution is -0.140. The summed E-state index contributed by atoms with van der Waals surface area (Å²) in [5.41, 5.74) is 0. The lowest BCUT2D eigenvalue weighted by atomic mass is 10.1. The number of ether oxygens (including phenoxy) is 1. The van der Waals surface area contributed by atoms with Gasteiger partial charge >= 0.3 is 5.97 Å². The van der Waals surface area contributed by atoms with Crippen LogP contribution in [-0.2, 0) is 14.1 Å². The van der Waals surface area contributed by atoms with Crippen LogP contribution in [0.1, 0.15) is 90.4 Å². The lowest BCUT2D eigenvalue weighted by Gasteiger charge is -2.06. The summed E-state index contributed by atoms with van der Waals surface area (Å²) in [6.45, 7) is 2.18. The van der Waals surface area contributed by atoms with Crippen molar-refractivity contribution in [2.45, 2.75) is 96.5 Å². The molecule has 0 amide bonds. The molecule has 4 heteroatoms. The first-order chi connectivity index (χ1) is 12.2. The first-order valence-electron chi connectivity index (χ1n) is 9.61. The second-order valence-corrected chi connectivity index (χ2v) is 6.41. The van der Waals surface area contributed by atoms with Gasteiger partial charge < -0.3 is 9.26 Å². The molecule has 0 spiro atoms. The Bertz CT molecular complexity index is 440. The predicted octanol–water partition coefficient (Wildman–Crippen LogP) is 5.43. The van der Waals surface area contributed by atoms with E-state index in [1.54, 1.807) is 0 Å². The molecule has 0 N–H and O–H groups in total. The van der Waals surface area contributed by atoms with Gasteiger partial charge in [-0.05, 0) is 25.7 Å². The fourth-order valence-corrected chi connectivity index (χ4v) is 2.51. The van der Waals surface area contributed by atoms with E-state index in [4.69, 9.17) is 4.52 Å². The minimum absolute atomic E-state index is 0.0798. The molecular weight excluding hydrogens is 331 g/mol. The normalized spacial score (nSPS) is 11.0. The van der Waals surface area contributed by atoms with Gasteiger partial charge in [-0.2, -0.15) is 0 Å². The number of rotatable bonds is 13. The van der Waals surface area contributed by atoms with Crippen LogP contribution in [-0.4, -0.2) is 19.2 Å². The standard InChI is InChI=1S/C21H35O3P/c1-3-4-17-20(24-25)18-15-13-11-9-7-5-6-8-10-12-14-16-19-21(22)23-2/h20H,3-9,11,13-14,16-17,19,25H2,1-2H3. The molecule has 0 aliphatic carbocycles. The summed E-state index contributed by atoms with van der Waals surface area (Å²) in [5, 5.41) is 0. The van der Waals surface area contributed by atoms with Crippen molar-refractivity contribution in [3.05, 3.63) is 0 Å². The highest BCUT2D eigenvalue weighted by atomic mass is 31.0. The lowest BCUT2D eigenvalue weighted by Crippen LogP contribution is -2.03. The topological polar surface area (TPSA) is 35.5 Å². The molecule has 0 radical (unpaired) electrons. The van der Waals surface area contributed by atoms with Crippen molar-refractivity contribution in [2.75, 3.05) is 7.11 Å². The van der Waals surface area contributed by atoms with Crippen molar-refractivity contribution in [2.24, 2.45) is 0 Å². The van der Waals surface area contributed by atoms with Gasteiger partial charge in [0, 0.05) is 35.2 Å². The summed E-state index contributed by atoms with van der Waals surface area (Å²) in [5.74, 6) is 12.6. The van der Waals surface area contributed by atoms with Gasteiger partial charge in [-0.25, -0.2) is 0 Å². The first kappa shape index (κ1) is 24.0. The molecule has 0 bridgehead atoms. The summed E-state index contributed by atoms with van der Waals surface area (Å²) in [4.78, 5) is 10.9. The SMILES string of the molecule is CCCCC(C#CCCCCCCCC#CCCCC(=O)OC)OP. The highest BCUT2D eigenvalue weighted by Gasteiger charge is 2.00. The van der Waals surface area contributed by atoms with Gasteiger partial charge in [0.15, 0.2) is 0 Å². The summed E-state index contributed by atoms with van der Waals surface area (Å²) >= 11 is 0. The van der Waals surface area contributed by atoms with Crippen molar-refractivity contribution in [3.8, 4) is 23.7 Å². The highest BCUT2D eigenvalue weighted by Crippen LogP contribution is 2.09. The van der Waals surface area contributed by atoms with E-state index in [-0.39, 0.29) is 12.1 Å². The van der Waals surface area contributed by atoms with Gasteiger partial charge in [-0.3, -0.25) is 4.79 Å². The molecule has 3 nitrogen and oxygen atoms in total. The molecule has 0 aromatic heterocycles. The number of esters is 1. The van der Waals surface area contributed by atoms with E-state index in [0.717, 1.165) is 38.5 Å². The number of carbonyl (C=O) groups is 1. The van der Waals surface area contributed by atoms with Crippen LogP contribution in [0.15, 0.2) is 0 Å². The van der Waals surface area contributed by atoms with Gasteiger partial charge in [0.1, 0.15) is 6.10 Å². The Hall–Kier alpha value is -1.02. The average Bonchev–Trinajstić information content (AvgIpc) is 2.64. The highest BCUT2D eigenvalue weighted by molar-refractivity contribution is 7.09. The van der Waals surface area contributed by atoms with Crippen LogP contribution >= 0.6 is 9.47 Å². The van der Waals surface area contributed by atoms with Crippen LogP contribution in [0.25, 0.3) is 0 Å². The molecule has 0 rings (SSSR count). The maximum absolute atomic E-state index is 10.9. The molecule has 0 fully saturated rings. The Balaban J connectivity index is 3.43. The maximum atomic E-state index is 10.9. The smallest absolute Gasteiger partial charge is 0.305 e. The van der Waals surface area contributed by atoms with Crippen molar-refractivity contribution < 1.29 is 14.1 Å². The molecule has 0 saturated carbocycles. The van der Waals surface area contributed by atoms with Crippen LogP contribution in [0.4, 0.5) is 0 Å². The third-order valence-electron chi connectivity index (χ3n) is 3.89. The Morgan fingerprint density at radius 3 is 2.12 bits per heavy atom. The van der Waals surface area contributed by atoms with Crippen molar-refractivity contribution in [1.29, 1.82) is 0 Å². The largest absolute Gasteiger partial charge is 0.469 e. The van der Waals surface area contributed by atoms with Crippen LogP contribution in [0.5, 0.6) is 0 Å². The summed E-state index contributed by atoms with van der Waals surface area (Å²) < 4.78 is 9.87. The quantitative estimate of drug-likeness (QED) is 0.189. The summed E-state index contributed by atoms with van der Waals surface area (Å²) in [6.07, 6.45) is 13.5. The Labute approximate surface area is 157 Å². The molecular formula is C21H35O3P. The third-order valence-corrected chi connectivity index (χ3v) is 4.21. The Kier molecular flexibility index (Phi) is 18.5. The average molecular weight is 366 g/mol. The molecule has 0 saturated heterocycles. The fraction of sp³-hybridized carbons (Fsp3) is 0.762. The Morgan fingerprint density at radius 2 is 1.52 bits per heavy atom. The van der Waals surface area contributed by atoms with Crippen molar-refractivity contribution in [3.63, 3.8) is 0 Å². The van der Waals surface area contributed by atoms with Crippen molar-refractivity contribution in [1.82, 2.24) is 0 Å². The molecule has 2 unspecified atom stereocenters. The van der Waals surface area contributed by atoms with Crippen molar-refractivity contribution >= 4 is 15.4 Å². The van der Waals surface area contributed by atoms with E-state index in [1.807, 2.05) is 0 Å². The zero-order valence-electron chi connectivity index (χ0n) is 16.1. The van der Waals surface area contributed by atoms with Crippen LogP contribution in [0, 0.1) is 23.7 Å². The van der Waals surface area contributed by atoms with E-state index >= 15 is 0 Å². The van der Waals surface area contributed by atoms with Crippen LogP contribution in [0.3, 0.4) is 0 Å². The number of unbranched alkanes of at least 4 members (excludes halogenated alkanes) is 8. The molecule has 0 aromatic carbocycles. The molecule has 25 heavy (non-hydrogen) atoms. The van der Waals surface area contributed by atoms with E-state index in [9.17, 15) is 4.79 Å². The maximum Gasteiger partial charge on any atom is 0.305 e. The zero-order chi connectivity index (χ0) is 18.6. The second kappa shape index (κ2) is 19.3. The molecule has 0 aromatic rings. The van der Waals surface area contributed by atoms with Gasteiger partial charge in [-0.15, -0.1) is 17.8 Å². The summed E-state index contributed by atoms with van der Waals surface area (Å²) in [6, 6.07) is 0. The third kappa shape index (κ3) is 17.6. The second-order valence-electron chi connectivity index (χ2n) is 6.14. The van der Waals surface area contributed by atoms with Crippen LogP contribution < -0.4 is 0 Å². The van der Waals surface area contributed by atoms with E-state index in [2.05, 4.69) is 44.8 Å². The first-order valence-corrected chi connectivity index (χ1v) is 10.1. The fourth-order valence-electron chi connectivity index (χ4n) is 2.31. The molecule has 0 aliphatic heterocycles. The van der Waals surface area contributed by atoms with Crippen LogP contribution in [0.2, 0.25) is 0 Å². The van der Waals surface area contributed by atoms with E-state index < -0.39 is 0 Å². The van der Waals surface area contributed by atoms with Gasteiger partial charge in [-0.1, -0.05) is 44.9 Å². The number of methoxy groups -OCH3 is 1. The van der Waals surface area contributed by atoms with E-state index in [1.165, 1.54) is 45.6 Å². The van der Waals surface area contributed by atoms with E-state index in [0.29, 0.717) is 6.42 Å². The minimum Gasteiger partial charge on any atom is -0.469 e. The number of hydrogen-bond donors (Lipinski definition) is 0. The molecule has 2 atom stereocenters. The predicted molar refractivity (Wildman–Crippen MR) is 108 cm³/mol. The van der Waals surface area contributed by atoms with Gasteiger partial charge in [0.2, 0.25) is 0 Å². The monoisotopic (exact) mass is 366 g/mol. The number of carbonyl (C=O) groups excluding carboxylic acids is 1. The zero-order valence-corrected chi connectivity index (χ0v) is 17.2. The minimum atomic E-state index is -0.149. The van der Waals surface area contributed by atoms with Gasteiger partial charge in [0.25, 0.3) is 0 Å². The molecule has 142 valence electrons. The molecule has 0 heterocycles. The summed E-state index contributed by atoms with van der Waals surface area (Å²) in [7, 11) is 3.75. The Morgan fingerprint density at radius 1 is 0.920 bits per heavy atom. The molecule has 0 aliphatic rings.